The Morgan fingerprint density at radius 2 is 2.08 bits per heavy atom. The van der Waals surface area contributed by atoms with Gasteiger partial charge in [0.1, 0.15) is 5.82 Å². The number of aldehydes is 1. The van der Waals surface area contributed by atoms with Crippen LogP contribution in [0.4, 0.5) is 4.39 Å². The average molecular weight is 166 g/mol. The number of hydrogen-bond acceptors (Lipinski definition) is 1. The molecule has 12 heavy (non-hydrogen) atoms. The van der Waals surface area contributed by atoms with E-state index in [9.17, 15) is 9.18 Å². The molecule has 1 aromatic rings. The number of hydrogen-bond donors (Lipinski definition) is 0. The summed E-state index contributed by atoms with van der Waals surface area (Å²) in [7, 11) is 0. The maximum atomic E-state index is 13.3. The molecule has 0 fully saturated rings. The van der Waals surface area contributed by atoms with Crippen LogP contribution >= 0.6 is 0 Å². The van der Waals surface area contributed by atoms with E-state index in [1.807, 2.05) is 13.8 Å². The molecule has 0 aliphatic carbocycles. The van der Waals surface area contributed by atoms with Gasteiger partial charge in [-0.2, -0.15) is 0 Å². The lowest BCUT2D eigenvalue weighted by molar-refractivity contribution is 0.111. The summed E-state index contributed by atoms with van der Waals surface area (Å²) in [4.78, 5) is 10.4. The van der Waals surface area contributed by atoms with Crippen LogP contribution in [0.5, 0.6) is 0 Å². The molecular formula is C10H11FO. The van der Waals surface area contributed by atoms with E-state index in [1.54, 1.807) is 12.1 Å². The molecule has 0 N–H and O–H groups in total. The second-order valence-electron chi connectivity index (χ2n) is 3.02. The van der Waals surface area contributed by atoms with Crippen molar-refractivity contribution in [2.75, 3.05) is 0 Å². The van der Waals surface area contributed by atoms with Gasteiger partial charge in [0.2, 0.25) is 0 Å². The summed E-state index contributed by atoms with van der Waals surface area (Å²) in [6.45, 7) is 3.79. The Morgan fingerprint density at radius 1 is 1.42 bits per heavy atom. The monoisotopic (exact) mass is 166 g/mol. The van der Waals surface area contributed by atoms with E-state index >= 15 is 0 Å². The molecule has 1 nitrogen and oxygen atoms in total. The van der Waals surface area contributed by atoms with Gasteiger partial charge < -0.3 is 0 Å². The van der Waals surface area contributed by atoms with Gasteiger partial charge in [0.25, 0.3) is 0 Å². The largest absolute Gasteiger partial charge is 0.298 e. The van der Waals surface area contributed by atoms with Crippen LogP contribution in [0.15, 0.2) is 18.2 Å². The van der Waals surface area contributed by atoms with E-state index in [4.69, 9.17) is 0 Å². The minimum Gasteiger partial charge on any atom is -0.298 e. The zero-order valence-electron chi connectivity index (χ0n) is 7.17. The first-order valence-electron chi connectivity index (χ1n) is 3.90. The van der Waals surface area contributed by atoms with Gasteiger partial charge in [0.15, 0.2) is 6.29 Å². The molecule has 0 radical (unpaired) electrons. The first-order valence-corrected chi connectivity index (χ1v) is 3.90. The lowest BCUT2D eigenvalue weighted by Gasteiger charge is -2.07. The molecule has 0 aromatic heterocycles. The van der Waals surface area contributed by atoms with E-state index in [1.165, 1.54) is 6.07 Å². The molecule has 0 amide bonds. The van der Waals surface area contributed by atoms with Crippen molar-refractivity contribution in [1.82, 2.24) is 0 Å². The van der Waals surface area contributed by atoms with E-state index in [-0.39, 0.29) is 17.3 Å². The Morgan fingerprint density at radius 3 is 2.58 bits per heavy atom. The number of halogens is 1. The lowest BCUT2D eigenvalue weighted by atomic mass is 10.0. The molecule has 64 valence electrons. The molecule has 0 spiro atoms. The highest BCUT2D eigenvalue weighted by atomic mass is 19.1. The predicted molar refractivity (Wildman–Crippen MR) is 45.9 cm³/mol. The molecule has 1 aromatic carbocycles. The third-order valence-corrected chi connectivity index (χ3v) is 1.81. The van der Waals surface area contributed by atoms with E-state index in [0.29, 0.717) is 11.8 Å². The van der Waals surface area contributed by atoms with Crippen LogP contribution in [0.3, 0.4) is 0 Å². The van der Waals surface area contributed by atoms with Gasteiger partial charge in [-0.3, -0.25) is 4.79 Å². The van der Waals surface area contributed by atoms with Gasteiger partial charge in [0, 0.05) is 0 Å². The van der Waals surface area contributed by atoms with E-state index in [2.05, 4.69) is 0 Å². The van der Waals surface area contributed by atoms with Crippen LogP contribution in [0.25, 0.3) is 0 Å². The minimum absolute atomic E-state index is 0.116. The number of rotatable bonds is 2. The smallest absolute Gasteiger partial charge is 0.153 e. The lowest BCUT2D eigenvalue weighted by Crippen LogP contribution is -1.96. The summed E-state index contributed by atoms with van der Waals surface area (Å²) < 4.78 is 13.3. The average Bonchev–Trinajstić information content (AvgIpc) is 2.04. The molecule has 0 atom stereocenters. The Balaban J connectivity index is 3.22. The van der Waals surface area contributed by atoms with Crippen molar-refractivity contribution in [2.45, 2.75) is 19.8 Å². The Hall–Kier alpha value is -1.18. The van der Waals surface area contributed by atoms with Crippen molar-refractivity contribution in [3.63, 3.8) is 0 Å². The molecule has 0 unspecified atom stereocenters. The van der Waals surface area contributed by atoms with Crippen LogP contribution in [0.1, 0.15) is 35.7 Å². The molecule has 1 rings (SSSR count). The summed E-state index contributed by atoms with van der Waals surface area (Å²) in [6.07, 6.45) is 0.543. The van der Waals surface area contributed by atoms with Crippen LogP contribution in [0.2, 0.25) is 0 Å². The first-order chi connectivity index (χ1) is 5.66. The molecule has 0 saturated carbocycles. The summed E-state index contributed by atoms with van der Waals surface area (Å²) in [5, 5.41) is 0. The van der Waals surface area contributed by atoms with Crippen LogP contribution < -0.4 is 0 Å². The highest BCUT2D eigenvalue weighted by Gasteiger charge is 2.09. The van der Waals surface area contributed by atoms with Gasteiger partial charge in [0.05, 0.1) is 5.56 Å². The van der Waals surface area contributed by atoms with Crippen molar-refractivity contribution < 1.29 is 9.18 Å². The maximum absolute atomic E-state index is 13.3. The molecule has 2 heteroatoms. The summed E-state index contributed by atoms with van der Waals surface area (Å²) in [5.41, 5.74) is 0.737. The fourth-order valence-corrected chi connectivity index (χ4v) is 1.11. The quantitative estimate of drug-likeness (QED) is 0.617. The Labute approximate surface area is 71.2 Å². The topological polar surface area (TPSA) is 17.1 Å². The third-order valence-electron chi connectivity index (χ3n) is 1.81. The zero-order chi connectivity index (χ0) is 9.14. The fourth-order valence-electron chi connectivity index (χ4n) is 1.11. The Bertz CT molecular complexity index is 292. The predicted octanol–water partition coefficient (Wildman–Crippen LogP) is 2.76. The van der Waals surface area contributed by atoms with Crippen molar-refractivity contribution in [3.8, 4) is 0 Å². The van der Waals surface area contributed by atoms with Gasteiger partial charge in [-0.25, -0.2) is 4.39 Å². The fraction of sp³-hybridized carbons (Fsp3) is 0.300. The van der Waals surface area contributed by atoms with Gasteiger partial charge in [-0.15, -0.1) is 0 Å². The van der Waals surface area contributed by atoms with E-state index < -0.39 is 0 Å². The first kappa shape index (κ1) is 8.91. The molecule has 0 heterocycles. The van der Waals surface area contributed by atoms with Crippen molar-refractivity contribution in [2.24, 2.45) is 0 Å². The molecular weight excluding hydrogens is 155 g/mol. The van der Waals surface area contributed by atoms with Crippen LogP contribution in [-0.4, -0.2) is 6.29 Å². The maximum Gasteiger partial charge on any atom is 0.153 e. The highest BCUT2D eigenvalue weighted by molar-refractivity contribution is 5.75. The van der Waals surface area contributed by atoms with Gasteiger partial charge >= 0.3 is 0 Å². The second-order valence-corrected chi connectivity index (χ2v) is 3.02. The minimum atomic E-state index is -0.387. The molecule has 0 bridgehead atoms. The van der Waals surface area contributed by atoms with Crippen LogP contribution in [-0.2, 0) is 0 Å². The molecule has 0 saturated heterocycles. The van der Waals surface area contributed by atoms with Gasteiger partial charge in [-0.1, -0.05) is 26.0 Å². The standard InChI is InChI=1S/C10H11FO/c1-7(2)9-5-3-4-8(6-12)10(9)11/h3-7H,1-2H3. The number of carbonyl (C=O) groups excluding carboxylic acids is 1. The summed E-state index contributed by atoms with van der Waals surface area (Å²) in [5.74, 6) is -0.271. The normalized spacial score (nSPS) is 10.3. The summed E-state index contributed by atoms with van der Waals surface area (Å²) >= 11 is 0. The number of benzene rings is 1. The third kappa shape index (κ3) is 1.52. The SMILES string of the molecule is CC(C)c1cccc(C=O)c1F. The molecule has 0 aliphatic rings. The second kappa shape index (κ2) is 3.48. The van der Waals surface area contributed by atoms with Gasteiger partial charge in [-0.05, 0) is 17.5 Å². The van der Waals surface area contributed by atoms with E-state index in [0.717, 1.165) is 0 Å². The molecule has 0 aliphatic heterocycles. The van der Waals surface area contributed by atoms with Crippen molar-refractivity contribution >= 4 is 6.29 Å². The highest BCUT2D eigenvalue weighted by Crippen LogP contribution is 2.19. The van der Waals surface area contributed by atoms with Crippen LogP contribution in [0, 0.1) is 5.82 Å². The van der Waals surface area contributed by atoms with Crippen molar-refractivity contribution in [1.29, 1.82) is 0 Å². The number of carbonyl (C=O) groups is 1. The zero-order valence-corrected chi connectivity index (χ0v) is 7.17. The summed E-state index contributed by atoms with van der Waals surface area (Å²) in [6, 6.07) is 4.88. The van der Waals surface area contributed by atoms with Crippen molar-refractivity contribution in [3.05, 3.63) is 35.1 Å². The Kier molecular flexibility index (Phi) is 2.58.